The first kappa shape index (κ1) is 36.5. The van der Waals surface area contributed by atoms with E-state index in [9.17, 15) is 0 Å². The van der Waals surface area contributed by atoms with E-state index in [0.29, 0.717) is 46.4 Å². The summed E-state index contributed by atoms with van der Waals surface area (Å²) >= 11 is 0. The lowest BCUT2D eigenvalue weighted by atomic mass is 9.42. The summed E-state index contributed by atoms with van der Waals surface area (Å²) in [5, 5.41) is 0. The molecule has 0 fully saturated rings. The Morgan fingerprint density at radius 2 is 0.893 bits per heavy atom. The van der Waals surface area contributed by atoms with Gasteiger partial charge >= 0.3 is 0 Å². The summed E-state index contributed by atoms with van der Waals surface area (Å²) in [6, 6.07) is 35.6. The number of fused-ring (bicyclic) bond motifs is 3. The second-order valence-corrected chi connectivity index (χ2v) is 14.9. The molecular formula is C47H43BN4O4. The van der Waals surface area contributed by atoms with Gasteiger partial charge in [0.2, 0.25) is 11.8 Å². The van der Waals surface area contributed by atoms with Gasteiger partial charge in [0.05, 0.1) is 5.72 Å². The van der Waals surface area contributed by atoms with Crippen molar-refractivity contribution in [2.24, 2.45) is 0 Å². The molecule has 0 unspecified atom stereocenters. The number of rotatable bonds is 12. The van der Waals surface area contributed by atoms with Crippen molar-refractivity contribution in [3.05, 3.63) is 151 Å². The molecule has 4 aromatic carbocycles. The number of benzene rings is 4. The predicted octanol–water partition coefficient (Wildman–Crippen LogP) is 10.3. The van der Waals surface area contributed by atoms with Crippen LogP contribution in [-0.2, 0) is 0 Å². The lowest BCUT2D eigenvalue weighted by molar-refractivity contribution is 0.444. The highest BCUT2D eigenvalue weighted by Gasteiger charge is 2.37. The van der Waals surface area contributed by atoms with Gasteiger partial charge in [-0.2, -0.15) is 0 Å². The molecule has 1 aliphatic rings. The Hall–Kier alpha value is -6.48. The van der Waals surface area contributed by atoms with Crippen LogP contribution in [0.3, 0.4) is 0 Å². The molecule has 0 aliphatic carbocycles. The Labute approximate surface area is 328 Å². The molecule has 0 N–H and O–H groups in total. The van der Waals surface area contributed by atoms with E-state index in [2.05, 4.69) is 87.9 Å². The van der Waals surface area contributed by atoms with Gasteiger partial charge in [-0.3, -0.25) is 9.97 Å². The van der Waals surface area contributed by atoms with Gasteiger partial charge in [-0.15, -0.1) is 0 Å². The van der Waals surface area contributed by atoms with Crippen molar-refractivity contribution in [2.45, 2.75) is 59.3 Å². The summed E-state index contributed by atoms with van der Waals surface area (Å²) in [7, 11) is 0. The minimum Gasteiger partial charge on any atom is -0.457 e. The first-order valence-electron chi connectivity index (χ1n) is 19.1. The van der Waals surface area contributed by atoms with Crippen LogP contribution in [0.1, 0.15) is 76.0 Å². The summed E-state index contributed by atoms with van der Waals surface area (Å²) in [5.41, 5.74) is 8.28. The third kappa shape index (κ3) is 7.71. The minimum atomic E-state index is -0.250. The van der Waals surface area contributed by atoms with Gasteiger partial charge in [-0.25, -0.2) is 9.97 Å². The van der Waals surface area contributed by atoms with Crippen molar-refractivity contribution >= 4 is 23.4 Å². The van der Waals surface area contributed by atoms with Crippen molar-refractivity contribution in [3.8, 4) is 57.4 Å². The summed E-state index contributed by atoms with van der Waals surface area (Å²) in [6.45, 7) is 12.7. The fourth-order valence-electron chi connectivity index (χ4n) is 7.02. The average molecular weight is 739 g/mol. The van der Waals surface area contributed by atoms with Crippen LogP contribution in [0.2, 0.25) is 0 Å². The second-order valence-electron chi connectivity index (χ2n) is 14.9. The third-order valence-corrected chi connectivity index (χ3v) is 9.96. The summed E-state index contributed by atoms with van der Waals surface area (Å²) in [6.07, 6.45) is 7.30. The van der Waals surface area contributed by atoms with Crippen LogP contribution >= 0.6 is 0 Å². The van der Waals surface area contributed by atoms with Crippen molar-refractivity contribution in [2.75, 3.05) is 0 Å². The number of aromatic nitrogens is 4. The molecule has 0 spiro atoms. The van der Waals surface area contributed by atoms with E-state index in [1.165, 1.54) is 0 Å². The van der Waals surface area contributed by atoms with Gasteiger partial charge in [0.15, 0.2) is 0 Å². The molecular weight excluding hydrogens is 695 g/mol. The largest absolute Gasteiger partial charge is 0.457 e. The highest BCUT2D eigenvalue weighted by molar-refractivity contribution is 6.98. The molecule has 0 saturated carbocycles. The monoisotopic (exact) mass is 738 g/mol. The van der Waals surface area contributed by atoms with E-state index in [1.54, 1.807) is 12.4 Å². The number of nitrogens with zero attached hydrogens (tertiary/aromatic N) is 4. The van der Waals surface area contributed by atoms with Crippen LogP contribution in [0.25, 0.3) is 11.1 Å². The quantitative estimate of drug-likeness (QED) is 0.115. The van der Waals surface area contributed by atoms with E-state index < -0.39 is 0 Å². The standard InChI is InChI=1S/C47H43BN4O4/c1-29(2)32-27-51-47(52-28-32)48-41-23-33(53-43-25-35(13-17-37(43)30(3)4)55-45-11-7-9-21-49-45)15-19-39(41)40-20-16-34(24-42(40)48)54-44-26-36(14-18-38(44)31(5)6)56-46-12-8-10-22-50-46/h7-31H,1-6H3. The Kier molecular flexibility index (Phi) is 10.2. The molecule has 0 radical (unpaired) electrons. The highest BCUT2D eigenvalue weighted by atomic mass is 16.5. The number of hydrogen-bond acceptors (Lipinski definition) is 8. The molecule has 3 aromatic heterocycles. The molecule has 7 aromatic rings. The molecule has 278 valence electrons. The lowest BCUT2D eigenvalue weighted by Crippen LogP contribution is -2.51. The fraction of sp³-hybridized carbons (Fsp3) is 0.191. The molecule has 0 saturated heterocycles. The van der Waals surface area contributed by atoms with E-state index in [0.717, 1.165) is 50.2 Å². The molecule has 8 nitrogen and oxygen atoms in total. The highest BCUT2D eigenvalue weighted by Crippen LogP contribution is 2.38. The van der Waals surface area contributed by atoms with Gasteiger partial charge in [-0.05, 0) is 94.1 Å². The minimum absolute atomic E-state index is 0.227. The Balaban J connectivity index is 1.16. The number of ether oxygens (including phenoxy) is 4. The molecule has 4 heterocycles. The second kappa shape index (κ2) is 15.7. The zero-order chi connectivity index (χ0) is 38.8. The molecule has 56 heavy (non-hydrogen) atoms. The van der Waals surface area contributed by atoms with E-state index in [4.69, 9.17) is 28.9 Å². The van der Waals surface area contributed by atoms with E-state index in [-0.39, 0.29) is 18.5 Å². The first-order chi connectivity index (χ1) is 27.2. The average Bonchev–Trinajstić information content (AvgIpc) is 3.51. The predicted molar refractivity (Wildman–Crippen MR) is 222 cm³/mol. The Morgan fingerprint density at radius 1 is 0.446 bits per heavy atom. The van der Waals surface area contributed by atoms with Crippen LogP contribution in [0.4, 0.5) is 0 Å². The topological polar surface area (TPSA) is 88.5 Å². The molecule has 8 rings (SSSR count). The third-order valence-electron chi connectivity index (χ3n) is 9.96. The Morgan fingerprint density at radius 3 is 1.30 bits per heavy atom. The van der Waals surface area contributed by atoms with Crippen LogP contribution in [-0.4, -0.2) is 26.6 Å². The first-order valence-corrected chi connectivity index (χ1v) is 19.1. The molecule has 1 aliphatic heterocycles. The van der Waals surface area contributed by atoms with Crippen molar-refractivity contribution in [1.82, 2.24) is 19.9 Å². The molecule has 0 atom stereocenters. The van der Waals surface area contributed by atoms with Crippen LogP contribution in [0.15, 0.2) is 134 Å². The van der Waals surface area contributed by atoms with Gasteiger partial charge in [0.25, 0.3) is 6.71 Å². The van der Waals surface area contributed by atoms with Gasteiger partial charge in [-0.1, -0.05) is 88.9 Å². The fourth-order valence-corrected chi connectivity index (χ4v) is 7.02. The smallest absolute Gasteiger partial charge is 0.291 e. The maximum absolute atomic E-state index is 6.72. The number of pyridine rings is 2. The van der Waals surface area contributed by atoms with Crippen LogP contribution < -0.4 is 35.6 Å². The van der Waals surface area contributed by atoms with Gasteiger partial charge in [0, 0.05) is 49.1 Å². The van der Waals surface area contributed by atoms with Crippen molar-refractivity contribution in [3.63, 3.8) is 0 Å². The van der Waals surface area contributed by atoms with E-state index in [1.807, 2.05) is 85.2 Å². The summed E-state index contributed by atoms with van der Waals surface area (Å²) in [5.74, 6) is 5.97. The van der Waals surface area contributed by atoms with Gasteiger partial charge in [0.1, 0.15) is 34.5 Å². The maximum atomic E-state index is 6.72. The number of hydrogen-bond donors (Lipinski definition) is 0. The summed E-state index contributed by atoms with van der Waals surface area (Å²) < 4.78 is 25.6. The lowest BCUT2D eigenvalue weighted by Gasteiger charge is -2.17. The molecule has 0 amide bonds. The van der Waals surface area contributed by atoms with Crippen LogP contribution in [0.5, 0.6) is 46.3 Å². The Bertz CT molecular complexity index is 2330. The van der Waals surface area contributed by atoms with Crippen molar-refractivity contribution < 1.29 is 18.9 Å². The SMILES string of the molecule is CC(C)c1cnc(B2c3cc(Oc4cc(Oc5ccccn5)ccc4C(C)C)ccc3-c3ccc(Oc4cc(Oc5ccccn5)ccc4C(C)C)cc32)nc1. The maximum Gasteiger partial charge on any atom is 0.291 e. The normalized spacial score (nSPS) is 11.8. The van der Waals surface area contributed by atoms with Gasteiger partial charge < -0.3 is 18.9 Å². The van der Waals surface area contributed by atoms with Crippen molar-refractivity contribution in [1.29, 1.82) is 0 Å². The summed E-state index contributed by atoms with van der Waals surface area (Å²) in [4.78, 5) is 18.5. The zero-order valence-electron chi connectivity index (χ0n) is 32.4. The molecule has 9 heteroatoms. The molecule has 0 bridgehead atoms. The van der Waals surface area contributed by atoms with E-state index >= 15 is 0 Å². The van der Waals surface area contributed by atoms with Crippen LogP contribution in [0, 0.1) is 0 Å². The zero-order valence-corrected chi connectivity index (χ0v) is 32.4.